The van der Waals surface area contributed by atoms with Crippen molar-refractivity contribution >= 4 is 5.84 Å². The molecule has 1 aliphatic carbocycles. The number of rotatable bonds is 5. The second-order valence-electron chi connectivity index (χ2n) is 6.04. The van der Waals surface area contributed by atoms with Gasteiger partial charge in [-0.15, -0.1) is 0 Å². The Morgan fingerprint density at radius 3 is 2.68 bits per heavy atom. The fraction of sp³-hybridized carbons (Fsp3) is 0.588. The Morgan fingerprint density at radius 1 is 1.45 bits per heavy atom. The first-order valence-electron chi connectivity index (χ1n) is 7.96. The number of allylic oxidation sites excluding steroid dienone is 3. The lowest BCUT2D eigenvalue weighted by molar-refractivity contribution is -0.103. The Bertz CT molecular complexity index is 536. The lowest BCUT2D eigenvalue weighted by Crippen LogP contribution is -2.42. The van der Waals surface area contributed by atoms with Crippen LogP contribution in [0, 0.1) is 5.92 Å². The topological polar surface area (TPSA) is 41.6 Å². The minimum atomic E-state index is -2.53. The maximum atomic E-state index is 13.3. The van der Waals surface area contributed by atoms with Gasteiger partial charge >= 0.3 is 0 Å². The van der Waals surface area contributed by atoms with Crippen molar-refractivity contribution in [3.8, 4) is 0 Å². The molecule has 5 heteroatoms. The largest absolute Gasteiger partial charge is 0.382 e. The van der Waals surface area contributed by atoms with Crippen LogP contribution in [0.15, 0.2) is 40.4 Å². The van der Waals surface area contributed by atoms with Crippen molar-refractivity contribution in [1.82, 2.24) is 4.90 Å². The third-order valence-electron chi connectivity index (χ3n) is 4.28. The molecule has 0 aromatic heterocycles. The molecule has 0 atom stereocenters. The summed E-state index contributed by atoms with van der Waals surface area (Å²) < 4.78 is 26.7. The molecule has 0 amide bonds. The van der Waals surface area contributed by atoms with Crippen LogP contribution in [-0.4, -0.2) is 16.7 Å². The number of nitrogens with zero attached hydrogens (tertiary/aromatic N) is 2. The molecule has 0 radical (unpaired) electrons. The predicted octanol–water partition coefficient (Wildman–Crippen LogP) is 4.54. The molecule has 0 bridgehead atoms. The van der Waals surface area contributed by atoms with Gasteiger partial charge in [-0.2, -0.15) is 0 Å². The van der Waals surface area contributed by atoms with Crippen LogP contribution < -0.4 is 5.73 Å². The standard InChI is InChI=1S/C17H25F2N3/c1-4-6-7-14-16(20)21-8-9-22(14)15(12(3)5-2)13-10-17(18,19)11-13/h7-9,13H,4-6,10-11H2,1-3H3,(H2,20,21)/b14-7+,15-12+. The number of alkyl halides is 2. The molecule has 1 saturated carbocycles. The Kier molecular flexibility index (Phi) is 5.04. The summed E-state index contributed by atoms with van der Waals surface area (Å²) in [6.45, 7) is 6.15. The molecule has 0 saturated heterocycles. The van der Waals surface area contributed by atoms with Crippen molar-refractivity contribution in [3.05, 3.63) is 35.4 Å². The Morgan fingerprint density at radius 2 is 2.14 bits per heavy atom. The minimum absolute atomic E-state index is 0.0812. The number of hydrogen-bond acceptors (Lipinski definition) is 3. The van der Waals surface area contributed by atoms with E-state index in [1.54, 1.807) is 6.20 Å². The van der Waals surface area contributed by atoms with E-state index in [1.165, 1.54) is 0 Å². The highest BCUT2D eigenvalue weighted by Gasteiger charge is 2.48. The Hall–Kier alpha value is -1.65. The molecule has 0 aromatic rings. The number of amidine groups is 1. The molecule has 3 nitrogen and oxygen atoms in total. The maximum Gasteiger partial charge on any atom is 0.249 e. The van der Waals surface area contributed by atoms with Gasteiger partial charge < -0.3 is 10.6 Å². The van der Waals surface area contributed by atoms with E-state index in [0.29, 0.717) is 5.84 Å². The number of nitrogens with two attached hydrogens (primary N) is 1. The minimum Gasteiger partial charge on any atom is -0.382 e. The molecule has 2 aliphatic rings. The molecule has 2 N–H and O–H groups in total. The molecule has 122 valence electrons. The molecule has 1 heterocycles. The van der Waals surface area contributed by atoms with Gasteiger partial charge in [0.2, 0.25) is 5.92 Å². The third kappa shape index (κ3) is 3.39. The van der Waals surface area contributed by atoms with Crippen molar-refractivity contribution in [2.45, 2.75) is 58.8 Å². The van der Waals surface area contributed by atoms with Crippen LogP contribution in [0.1, 0.15) is 52.9 Å². The van der Waals surface area contributed by atoms with E-state index < -0.39 is 5.92 Å². The van der Waals surface area contributed by atoms with Crippen molar-refractivity contribution in [1.29, 1.82) is 0 Å². The Balaban J connectivity index is 2.35. The summed E-state index contributed by atoms with van der Waals surface area (Å²) in [6.07, 6.45) is 8.07. The zero-order chi connectivity index (χ0) is 16.3. The first kappa shape index (κ1) is 16.7. The lowest BCUT2D eigenvalue weighted by Gasteiger charge is -2.42. The highest BCUT2D eigenvalue weighted by Crippen LogP contribution is 2.48. The van der Waals surface area contributed by atoms with Crippen LogP contribution in [-0.2, 0) is 0 Å². The van der Waals surface area contributed by atoms with E-state index in [2.05, 4.69) is 11.9 Å². The van der Waals surface area contributed by atoms with Gasteiger partial charge in [0.25, 0.3) is 0 Å². The van der Waals surface area contributed by atoms with E-state index in [1.807, 2.05) is 31.0 Å². The van der Waals surface area contributed by atoms with Crippen LogP contribution in [0.4, 0.5) is 8.78 Å². The number of hydrogen-bond donors (Lipinski definition) is 1. The molecule has 1 aliphatic heterocycles. The molecule has 0 unspecified atom stereocenters. The quantitative estimate of drug-likeness (QED) is 0.810. The van der Waals surface area contributed by atoms with E-state index >= 15 is 0 Å². The molecule has 2 rings (SSSR count). The molecular formula is C17H25F2N3. The van der Waals surface area contributed by atoms with E-state index in [4.69, 9.17) is 5.73 Å². The van der Waals surface area contributed by atoms with E-state index in [0.717, 1.165) is 36.2 Å². The first-order chi connectivity index (χ1) is 10.4. The second-order valence-corrected chi connectivity index (χ2v) is 6.04. The summed E-state index contributed by atoms with van der Waals surface area (Å²) in [7, 11) is 0. The van der Waals surface area contributed by atoms with Gasteiger partial charge in [-0.3, -0.25) is 0 Å². The van der Waals surface area contributed by atoms with Crippen molar-refractivity contribution in [2.24, 2.45) is 16.6 Å². The van der Waals surface area contributed by atoms with E-state index in [-0.39, 0.29) is 18.8 Å². The molecule has 1 fully saturated rings. The SMILES string of the molecule is CCC/C=C1\C(N)=NC=CN1/C(=C(\C)CC)C1CC(F)(F)C1. The van der Waals surface area contributed by atoms with Crippen molar-refractivity contribution in [3.63, 3.8) is 0 Å². The number of aliphatic imine (C=N–C) groups is 1. The van der Waals surface area contributed by atoms with Crippen molar-refractivity contribution < 1.29 is 8.78 Å². The van der Waals surface area contributed by atoms with Crippen LogP contribution in [0.25, 0.3) is 0 Å². The fourth-order valence-corrected chi connectivity index (χ4v) is 2.93. The molecular weight excluding hydrogens is 284 g/mol. The maximum absolute atomic E-state index is 13.3. The Labute approximate surface area is 131 Å². The normalized spacial score (nSPS) is 24.1. The van der Waals surface area contributed by atoms with E-state index in [9.17, 15) is 8.78 Å². The zero-order valence-electron chi connectivity index (χ0n) is 13.6. The molecule has 0 aromatic carbocycles. The average molecular weight is 309 g/mol. The smallest absolute Gasteiger partial charge is 0.249 e. The summed E-state index contributed by atoms with van der Waals surface area (Å²) in [5, 5.41) is 0. The summed E-state index contributed by atoms with van der Waals surface area (Å²) in [5.41, 5.74) is 8.93. The highest BCUT2D eigenvalue weighted by molar-refractivity contribution is 5.98. The van der Waals surface area contributed by atoms with Gasteiger partial charge in [0.15, 0.2) is 0 Å². The predicted molar refractivity (Wildman–Crippen MR) is 86.3 cm³/mol. The summed E-state index contributed by atoms with van der Waals surface area (Å²) >= 11 is 0. The van der Waals surface area contributed by atoms with Crippen LogP contribution in [0.2, 0.25) is 0 Å². The fourth-order valence-electron chi connectivity index (χ4n) is 2.93. The first-order valence-corrected chi connectivity index (χ1v) is 7.96. The van der Waals surface area contributed by atoms with Gasteiger partial charge in [0, 0.05) is 36.9 Å². The molecule has 0 spiro atoms. The second kappa shape index (κ2) is 6.63. The average Bonchev–Trinajstić information content (AvgIpc) is 2.44. The number of halogens is 2. The van der Waals surface area contributed by atoms with Gasteiger partial charge in [0.05, 0.1) is 5.70 Å². The van der Waals surface area contributed by atoms with Crippen LogP contribution >= 0.6 is 0 Å². The highest BCUT2D eigenvalue weighted by atomic mass is 19.3. The van der Waals surface area contributed by atoms with Gasteiger partial charge in [-0.05, 0) is 19.8 Å². The summed E-state index contributed by atoms with van der Waals surface area (Å²) in [6, 6.07) is 0. The summed E-state index contributed by atoms with van der Waals surface area (Å²) in [4.78, 5) is 6.12. The van der Waals surface area contributed by atoms with Gasteiger partial charge in [0.1, 0.15) is 5.84 Å². The third-order valence-corrected chi connectivity index (χ3v) is 4.28. The van der Waals surface area contributed by atoms with Crippen LogP contribution in [0.3, 0.4) is 0 Å². The lowest BCUT2D eigenvalue weighted by atomic mass is 9.77. The molecule has 22 heavy (non-hydrogen) atoms. The number of unbranched alkanes of at least 4 members (excludes halogenated alkanes) is 1. The van der Waals surface area contributed by atoms with Crippen LogP contribution in [0.5, 0.6) is 0 Å². The van der Waals surface area contributed by atoms with Crippen molar-refractivity contribution in [2.75, 3.05) is 0 Å². The summed E-state index contributed by atoms with van der Waals surface area (Å²) in [5.74, 6) is -2.20. The van der Waals surface area contributed by atoms with Gasteiger partial charge in [-0.1, -0.05) is 31.9 Å². The zero-order valence-corrected chi connectivity index (χ0v) is 13.6. The monoisotopic (exact) mass is 309 g/mol. The van der Waals surface area contributed by atoms with Gasteiger partial charge in [-0.25, -0.2) is 13.8 Å².